The summed E-state index contributed by atoms with van der Waals surface area (Å²) in [7, 11) is 0. The maximum Gasteiger partial charge on any atom is 0.119 e. The number of aliphatic hydroxyl groups excluding tert-OH is 1. The minimum atomic E-state index is -0.147. The SMILES string of the molecule is CCOc1ccc(CN2CCC[C@@H](O)C2)cc1. The van der Waals surface area contributed by atoms with Crippen LogP contribution in [0.15, 0.2) is 24.3 Å². The fourth-order valence-corrected chi connectivity index (χ4v) is 2.29. The van der Waals surface area contributed by atoms with E-state index in [1.807, 2.05) is 19.1 Å². The van der Waals surface area contributed by atoms with Gasteiger partial charge in [0.15, 0.2) is 0 Å². The van der Waals surface area contributed by atoms with E-state index in [4.69, 9.17) is 4.74 Å². The molecule has 1 aromatic rings. The summed E-state index contributed by atoms with van der Waals surface area (Å²) in [4.78, 5) is 2.31. The molecule has 0 radical (unpaired) electrons. The molecule has 0 aromatic heterocycles. The molecule has 0 aliphatic carbocycles. The average Bonchev–Trinajstić information content (AvgIpc) is 2.32. The molecule has 1 heterocycles. The summed E-state index contributed by atoms with van der Waals surface area (Å²) < 4.78 is 5.41. The van der Waals surface area contributed by atoms with Crippen LogP contribution in [0.3, 0.4) is 0 Å². The predicted octanol–water partition coefficient (Wildman–Crippen LogP) is 2.04. The first kappa shape index (κ1) is 12.4. The van der Waals surface area contributed by atoms with Crippen molar-refractivity contribution in [2.75, 3.05) is 19.7 Å². The van der Waals surface area contributed by atoms with Gasteiger partial charge >= 0.3 is 0 Å². The van der Waals surface area contributed by atoms with Crippen molar-refractivity contribution < 1.29 is 9.84 Å². The monoisotopic (exact) mass is 235 g/mol. The molecule has 3 heteroatoms. The lowest BCUT2D eigenvalue weighted by Gasteiger charge is -2.29. The van der Waals surface area contributed by atoms with E-state index in [1.165, 1.54) is 5.56 Å². The third-order valence-corrected chi connectivity index (χ3v) is 3.12. The minimum absolute atomic E-state index is 0.147. The van der Waals surface area contributed by atoms with Gasteiger partial charge in [-0.05, 0) is 44.0 Å². The van der Waals surface area contributed by atoms with Gasteiger partial charge in [-0.25, -0.2) is 0 Å². The zero-order valence-electron chi connectivity index (χ0n) is 10.4. The Hall–Kier alpha value is -1.06. The van der Waals surface area contributed by atoms with E-state index in [9.17, 15) is 5.11 Å². The first-order chi connectivity index (χ1) is 8.28. The molecule has 17 heavy (non-hydrogen) atoms. The second-order valence-corrected chi connectivity index (χ2v) is 4.61. The number of hydrogen-bond donors (Lipinski definition) is 1. The molecular formula is C14H21NO2. The third-order valence-electron chi connectivity index (χ3n) is 3.12. The van der Waals surface area contributed by atoms with Crippen LogP contribution in [0.4, 0.5) is 0 Å². The van der Waals surface area contributed by atoms with E-state index in [-0.39, 0.29) is 6.10 Å². The quantitative estimate of drug-likeness (QED) is 0.867. The van der Waals surface area contributed by atoms with Gasteiger partial charge in [0.25, 0.3) is 0 Å². The second kappa shape index (κ2) is 6.03. The maximum absolute atomic E-state index is 9.61. The molecule has 1 aliphatic heterocycles. The summed E-state index contributed by atoms with van der Waals surface area (Å²) >= 11 is 0. The Balaban J connectivity index is 1.89. The summed E-state index contributed by atoms with van der Waals surface area (Å²) in [5, 5.41) is 9.61. The Morgan fingerprint density at radius 2 is 2.12 bits per heavy atom. The topological polar surface area (TPSA) is 32.7 Å². The molecule has 3 nitrogen and oxygen atoms in total. The highest BCUT2D eigenvalue weighted by Gasteiger charge is 2.17. The van der Waals surface area contributed by atoms with Crippen LogP contribution in [0.5, 0.6) is 5.75 Å². The molecule has 1 N–H and O–H groups in total. The second-order valence-electron chi connectivity index (χ2n) is 4.61. The lowest BCUT2D eigenvalue weighted by molar-refractivity contribution is 0.0668. The van der Waals surface area contributed by atoms with Crippen LogP contribution in [0, 0.1) is 0 Å². The van der Waals surface area contributed by atoms with Gasteiger partial charge in [0.2, 0.25) is 0 Å². The van der Waals surface area contributed by atoms with E-state index < -0.39 is 0 Å². The Morgan fingerprint density at radius 1 is 1.35 bits per heavy atom. The zero-order valence-corrected chi connectivity index (χ0v) is 10.4. The van der Waals surface area contributed by atoms with E-state index in [0.717, 1.165) is 38.2 Å². The van der Waals surface area contributed by atoms with Crippen LogP contribution in [-0.2, 0) is 6.54 Å². The van der Waals surface area contributed by atoms with Crippen molar-refractivity contribution in [3.63, 3.8) is 0 Å². The van der Waals surface area contributed by atoms with E-state index in [0.29, 0.717) is 6.61 Å². The number of piperidine rings is 1. The standard InChI is InChI=1S/C14H21NO2/c1-2-17-14-7-5-12(6-8-14)10-15-9-3-4-13(16)11-15/h5-8,13,16H,2-4,9-11H2,1H3/t13-/m1/s1. The normalized spacial score (nSPS) is 21.4. The van der Waals surface area contributed by atoms with Gasteiger partial charge in [0.1, 0.15) is 5.75 Å². The smallest absolute Gasteiger partial charge is 0.119 e. The number of hydrogen-bond acceptors (Lipinski definition) is 3. The molecule has 1 aliphatic rings. The van der Waals surface area contributed by atoms with Crippen LogP contribution >= 0.6 is 0 Å². The Labute approximate surface area is 103 Å². The number of β-amino-alcohol motifs (C(OH)–C–C–N with tert-alkyl or cyclic N) is 1. The molecule has 1 saturated heterocycles. The Morgan fingerprint density at radius 3 is 2.76 bits per heavy atom. The van der Waals surface area contributed by atoms with Crippen molar-refractivity contribution in [3.05, 3.63) is 29.8 Å². The molecule has 94 valence electrons. The highest BCUT2D eigenvalue weighted by atomic mass is 16.5. The van der Waals surface area contributed by atoms with Crippen molar-refractivity contribution in [2.24, 2.45) is 0 Å². The van der Waals surface area contributed by atoms with Gasteiger partial charge < -0.3 is 9.84 Å². The van der Waals surface area contributed by atoms with Gasteiger partial charge in [0, 0.05) is 13.1 Å². The number of rotatable bonds is 4. The molecule has 1 aromatic carbocycles. The van der Waals surface area contributed by atoms with Crippen molar-refractivity contribution in [3.8, 4) is 5.75 Å². The third kappa shape index (κ3) is 3.72. The number of ether oxygens (including phenoxy) is 1. The first-order valence-corrected chi connectivity index (χ1v) is 6.40. The van der Waals surface area contributed by atoms with Crippen molar-refractivity contribution in [2.45, 2.75) is 32.4 Å². The number of benzene rings is 1. The van der Waals surface area contributed by atoms with Crippen LogP contribution in [-0.4, -0.2) is 35.8 Å². The summed E-state index contributed by atoms with van der Waals surface area (Å²) in [6.45, 7) is 5.50. The fraction of sp³-hybridized carbons (Fsp3) is 0.571. The molecule has 0 saturated carbocycles. The summed E-state index contributed by atoms with van der Waals surface area (Å²) in [5.74, 6) is 0.926. The zero-order chi connectivity index (χ0) is 12.1. The highest BCUT2D eigenvalue weighted by molar-refractivity contribution is 5.27. The van der Waals surface area contributed by atoms with Gasteiger partial charge in [-0.3, -0.25) is 4.90 Å². The molecule has 0 unspecified atom stereocenters. The largest absolute Gasteiger partial charge is 0.494 e. The molecule has 0 spiro atoms. The molecule has 1 atom stereocenters. The molecule has 1 fully saturated rings. The van der Waals surface area contributed by atoms with E-state index in [2.05, 4.69) is 17.0 Å². The fourth-order valence-electron chi connectivity index (χ4n) is 2.29. The van der Waals surface area contributed by atoms with Gasteiger partial charge in [-0.2, -0.15) is 0 Å². The highest BCUT2D eigenvalue weighted by Crippen LogP contribution is 2.16. The molecule has 0 bridgehead atoms. The van der Waals surface area contributed by atoms with E-state index >= 15 is 0 Å². The van der Waals surface area contributed by atoms with Crippen LogP contribution in [0.25, 0.3) is 0 Å². The van der Waals surface area contributed by atoms with Gasteiger partial charge in [0.05, 0.1) is 12.7 Å². The number of likely N-dealkylation sites (tertiary alicyclic amines) is 1. The molecular weight excluding hydrogens is 214 g/mol. The molecule has 0 amide bonds. The minimum Gasteiger partial charge on any atom is -0.494 e. The Kier molecular flexibility index (Phi) is 4.40. The van der Waals surface area contributed by atoms with E-state index in [1.54, 1.807) is 0 Å². The van der Waals surface area contributed by atoms with Crippen molar-refractivity contribution >= 4 is 0 Å². The summed E-state index contributed by atoms with van der Waals surface area (Å²) in [5.41, 5.74) is 1.28. The van der Waals surface area contributed by atoms with Crippen LogP contribution in [0.1, 0.15) is 25.3 Å². The van der Waals surface area contributed by atoms with Crippen molar-refractivity contribution in [1.29, 1.82) is 0 Å². The number of nitrogens with zero attached hydrogens (tertiary/aromatic N) is 1. The number of aliphatic hydroxyl groups is 1. The van der Waals surface area contributed by atoms with Crippen molar-refractivity contribution in [1.82, 2.24) is 4.90 Å². The van der Waals surface area contributed by atoms with Gasteiger partial charge in [-0.1, -0.05) is 12.1 Å². The first-order valence-electron chi connectivity index (χ1n) is 6.40. The lowest BCUT2D eigenvalue weighted by atomic mass is 10.1. The predicted molar refractivity (Wildman–Crippen MR) is 68.1 cm³/mol. The Bertz CT molecular complexity index is 337. The van der Waals surface area contributed by atoms with Crippen LogP contribution in [0.2, 0.25) is 0 Å². The maximum atomic E-state index is 9.61. The summed E-state index contributed by atoms with van der Waals surface area (Å²) in [6.07, 6.45) is 1.89. The van der Waals surface area contributed by atoms with Gasteiger partial charge in [-0.15, -0.1) is 0 Å². The molecule has 2 rings (SSSR count). The summed E-state index contributed by atoms with van der Waals surface area (Å²) in [6, 6.07) is 8.23. The van der Waals surface area contributed by atoms with Crippen LogP contribution < -0.4 is 4.74 Å². The average molecular weight is 235 g/mol. The lowest BCUT2D eigenvalue weighted by Crippen LogP contribution is -2.37.